The van der Waals surface area contributed by atoms with Gasteiger partial charge in [0.15, 0.2) is 11.0 Å². The molecule has 1 aliphatic carbocycles. The highest BCUT2D eigenvalue weighted by Crippen LogP contribution is 2.41. The molecule has 0 aromatic carbocycles. The Bertz CT molecular complexity index is 520. The summed E-state index contributed by atoms with van der Waals surface area (Å²) in [4.78, 5) is 1.20. The average Bonchev–Trinajstić information content (AvgIpc) is 2.96. The van der Waals surface area contributed by atoms with Crippen LogP contribution in [0.1, 0.15) is 31.7 Å². The number of aliphatic hydroxyl groups is 1. The first-order valence-electron chi connectivity index (χ1n) is 6.62. The summed E-state index contributed by atoms with van der Waals surface area (Å²) >= 11 is 3.47. The predicted octanol–water partition coefficient (Wildman–Crippen LogP) is 3.21. The van der Waals surface area contributed by atoms with Gasteiger partial charge in [-0.05, 0) is 37.1 Å². The Morgan fingerprint density at radius 2 is 2.26 bits per heavy atom. The minimum Gasteiger partial charge on any atom is -0.396 e. The summed E-state index contributed by atoms with van der Waals surface area (Å²) in [5, 5.41) is 20.6. The summed E-state index contributed by atoms with van der Waals surface area (Å²) in [6, 6.07) is 4.75. The Kier molecular flexibility index (Phi) is 4.20. The van der Waals surface area contributed by atoms with Crippen LogP contribution in [0.25, 0.3) is 10.7 Å². The van der Waals surface area contributed by atoms with E-state index in [1.165, 1.54) is 17.7 Å². The number of aliphatic hydroxyl groups excluding tert-OH is 1. The fourth-order valence-electron chi connectivity index (χ4n) is 1.99. The Morgan fingerprint density at radius 1 is 1.37 bits per heavy atom. The number of hydrogen-bond acceptors (Lipinski definition) is 5. The van der Waals surface area contributed by atoms with Crippen LogP contribution in [0.4, 0.5) is 0 Å². The van der Waals surface area contributed by atoms with E-state index in [2.05, 4.69) is 32.3 Å². The van der Waals surface area contributed by atoms with E-state index in [1.807, 2.05) is 0 Å². The first-order valence-corrected chi connectivity index (χ1v) is 8.49. The van der Waals surface area contributed by atoms with E-state index in [1.54, 1.807) is 23.1 Å². The number of thioether (sulfide) groups is 1. The second-order valence-corrected chi connectivity index (χ2v) is 6.67. The van der Waals surface area contributed by atoms with Crippen molar-refractivity contribution >= 4 is 23.1 Å². The highest BCUT2D eigenvalue weighted by atomic mass is 32.2. The molecule has 2 heterocycles. The van der Waals surface area contributed by atoms with Crippen LogP contribution < -0.4 is 0 Å². The monoisotopic (exact) mass is 295 g/mol. The summed E-state index contributed by atoms with van der Waals surface area (Å²) in [7, 11) is 0. The zero-order valence-electron chi connectivity index (χ0n) is 10.7. The quantitative estimate of drug-likeness (QED) is 0.629. The van der Waals surface area contributed by atoms with E-state index in [0.717, 1.165) is 29.6 Å². The zero-order valence-corrected chi connectivity index (χ0v) is 12.3. The molecule has 0 spiro atoms. The van der Waals surface area contributed by atoms with Gasteiger partial charge in [-0.2, -0.15) is 0 Å². The average molecular weight is 295 g/mol. The van der Waals surface area contributed by atoms with E-state index in [9.17, 15) is 0 Å². The van der Waals surface area contributed by atoms with Crippen molar-refractivity contribution in [1.82, 2.24) is 14.8 Å². The first kappa shape index (κ1) is 13.1. The zero-order chi connectivity index (χ0) is 13.1. The topological polar surface area (TPSA) is 50.9 Å². The number of aromatic nitrogens is 3. The van der Waals surface area contributed by atoms with Crippen molar-refractivity contribution in [3.63, 3.8) is 0 Å². The number of thiophene rings is 1. The van der Waals surface area contributed by atoms with E-state index in [0.29, 0.717) is 6.04 Å². The van der Waals surface area contributed by atoms with Crippen molar-refractivity contribution in [3.8, 4) is 10.7 Å². The third kappa shape index (κ3) is 3.01. The lowest BCUT2D eigenvalue weighted by Gasteiger charge is -2.07. The lowest BCUT2D eigenvalue weighted by atomic mass is 10.4. The van der Waals surface area contributed by atoms with Crippen LogP contribution in [-0.4, -0.2) is 32.2 Å². The van der Waals surface area contributed by atoms with Gasteiger partial charge in [0, 0.05) is 18.4 Å². The van der Waals surface area contributed by atoms with E-state index < -0.39 is 0 Å². The molecule has 1 fully saturated rings. The molecule has 3 rings (SSSR count). The minimum atomic E-state index is 0.274. The van der Waals surface area contributed by atoms with Crippen LogP contribution >= 0.6 is 23.1 Å². The largest absolute Gasteiger partial charge is 0.396 e. The molecule has 0 aliphatic heterocycles. The lowest BCUT2D eigenvalue weighted by Crippen LogP contribution is -1.99. The molecule has 2 aromatic rings. The van der Waals surface area contributed by atoms with Gasteiger partial charge in [-0.1, -0.05) is 17.8 Å². The van der Waals surface area contributed by atoms with Crippen LogP contribution in [0.15, 0.2) is 22.7 Å². The predicted molar refractivity (Wildman–Crippen MR) is 78.6 cm³/mol. The van der Waals surface area contributed by atoms with Crippen LogP contribution in [0.3, 0.4) is 0 Å². The van der Waals surface area contributed by atoms with Crippen LogP contribution in [-0.2, 0) is 0 Å². The van der Waals surface area contributed by atoms with Crippen LogP contribution in [0, 0.1) is 0 Å². The molecule has 0 bridgehead atoms. The maximum Gasteiger partial charge on any atom is 0.191 e. The number of rotatable bonds is 7. The molecule has 2 aromatic heterocycles. The molecule has 1 aliphatic rings. The molecular weight excluding hydrogens is 278 g/mol. The van der Waals surface area contributed by atoms with E-state index in [-0.39, 0.29) is 6.61 Å². The third-order valence-corrected chi connectivity index (χ3v) is 5.00. The normalized spacial score (nSPS) is 15.0. The standard InChI is InChI=1S/C13H17N3OS2/c17-7-1-2-8-19-13-15-14-12(11-4-3-9-18-11)16(13)10-5-6-10/h3-4,9-10,17H,1-2,5-8H2. The molecule has 4 nitrogen and oxygen atoms in total. The van der Waals surface area contributed by atoms with Crippen molar-refractivity contribution in [3.05, 3.63) is 17.5 Å². The van der Waals surface area contributed by atoms with E-state index in [4.69, 9.17) is 5.11 Å². The smallest absolute Gasteiger partial charge is 0.191 e. The molecule has 0 amide bonds. The van der Waals surface area contributed by atoms with Gasteiger partial charge in [-0.3, -0.25) is 4.57 Å². The Balaban J connectivity index is 1.77. The van der Waals surface area contributed by atoms with Crippen molar-refractivity contribution in [1.29, 1.82) is 0 Å². The first-order chi connectivity index (χ1) is 9.40. The van der Waals surface area contributed by atoms with Gasteiger partial charge >= 0.3 is 0 Å². The van der Waals surface area contributed by atoms with E-state index >= 15 is 0 Å². The summed E-state index contributed by atoms with van der Waals surface area (Å²) < 4.78 is 2.30. The molecule has 0 radical (unpaired) electrons. The Morgan fingerprint density at radius 3 is 2.95 bits per heavy atom. The van der Waals surface area contributed by atoms with Gasteiger partial charge < -0.3 is 5.11 Å². The molecule has 102 valence electrons. The summed E-state index contributed by atoms with van der Waals surface area (Å²) in [6.45, 7) is 0.274. The van der Waals surface area contributed by atoms with Gasteiger partial charge in [-0.25, -0.2) is 0 Å². The van der Waals surface area contributed by atoms with Crippen LogP contribution in [0.5, 0.6) is 0 Å². The molecular formula is C13H17N3OS2. The molecule has 6 heteroatoms. The van der Waals surface area contributed by atoms with Crippen molar-refractivity contribution < 1.29 is 5.11 Å². The van der Waals surface area contributed by atoms with Gasteiger partial charge in [0.2, 0.25) is 0 Å². The maximum atomic E-state index is 8.80. The summed E-state index contributed by atoms with van der Waals surface area (Å²) in [5.41, 5.74) is 0. The second kappa shape index (κ2) is 6.07. The maximum absolute atomic E-state index is 8.80. The highest BCUT2D eigenvalue weighted by Gasteiger charge is 2.30. The fourth-order valence-corrected chi connectivity index (χ4v) is 3.70. The van der Waals surface area contributed by atoms with Gasteiger partial charge in [0.1, 0.15) is 0 Å². The number of nitrogens with zero attached hydrogens (tertiary/aromatic N) is 3. The fraction of sp³-hybridized carbons (Fsp3) is 0.538. The SMILES string of the molecule is OCCCCSc1nnc(-c2cccs2)n1C1CC1. The second-order valence-electron chi connectivity index (χ2n) is 4.66. The highest BCUT2D eigenvalue weighted by molar-refractivity contribution is 7.99. The summed E-state index contributed by atoms with van der Waals surface area (Å²) in [5.74, 6) is 2.01. The molecule has 0 saturated heterocycles. The van der Waals surface area contributed by atoms with Crippen LogP contribution in [0.2, 0.25) is 0 Å². The van der Waals surface area contributed by atoms with Crippen molar-refractivity contribution in [2.24, 2.45) is 0 Å². The van der Waals surface area contributed by atoms with Crippen molar-refractivity contribution in [2.75, 3.05) is 12.4 Å². The third-order valence-electron chi connectivity index (χ3n) is 3.10. The molecule has 1 saturated carbocycles. The Labute approximate surface area is 120 Å². The molecule has 1 N–H and O–H groups in total. The van der Waals surface area contributed by atoms with Crippen molar-refractivity contribution in [2.45, 2.75) is 36.9 Å². The lowest BCUT2D eigenvalue weighted by molar-refractivity contribution is 0.287. The summed E-state index contributed by atoms with van der Waals surface area (Å²) in [6.07, 6.45) is 4.36. The van der Waals surface area contributed by atoms with Gasteiger partial charge in [-0.15, -0.1) is 21.5 Å². The van der Waals surface area contributed by atoms with Gasteiger partial charge in [0.05, 0.1) is 4.88 Å². The van der Waals surface area contributed by atoms with Gasteiger partial charge in [0.25, 0.3) is 0 Å². The molecule has 0 atom stereocenters. The number of hydrogen-bond donors (Lipinski definition) is 1. The minimum absolute atomic E-state index is 0.274. The Hall–Kier alpha value is -0.850. The molecule has 19 heavy (non-hydrogen) atoms. The number of unbranched alkanes of at least 4 members (excludes halogenated alkanes) is 1. The molecule has 0 unspecified atom stereocenters.